The Kier molecular flexibility index (Phi) is 4.84. The van der Waals surface area contributed by atoms with Gasteiger partial charge in [-0.15, -0.1) is 0 Å². The third kappa shape index (κ3) is 3.43. The highest BCUT2D eigenvalue weighted by atomic mass is 19.1. The Morgan fingerprint density at radius 1 is 1.33 bits per heavy atom. The van der Waals surface area contributed by atoms with Crippen LogP contribution in [0.4, 0.5) is 4.39 Å². The molecule has 1 saturated carbocycles. The zero-order valence-corrected chi connectivity index (χ0v) is 13.7. The number of nitrogens with zero attached hydrogens (tertiary/aromatic N) is 4. The van der Waals surface area contributed by atoms with E-state index in [1.54, 1.807) is 31.2 Å². The lowest BCUT2D eigenvalue weighted by molar-refractivity contribution is 0.0597. The molecule has 7 nitrogen and oxygen atoms in total. The number of halogens is 1. The first kappa shape index (κ1) is 16.5. The minimum Gasteiger partial charge on any atom is -0.381 e. The summed E-state index contributed by atoms with van der Waals surface area (Å²) >= 11 is 0. The molecule has 24 heavy (non-hydrogen) atoms. The van der Waals surface area contributed by atoms with Crippen LogP contribution in [-0.4, -0.2) is 44.7 Å². The van der Waals surface area contributed by atoms with E-state index in [-0.39, 0.29) is 23.7 Å². The number of rotatable bonds is 4. The molecular formula is C16H20FN5O2. The van der Waals surface area contributed by atoms with Gasteiger partial charge >= 0.3 is 0 Å². The summed E-state index contributed by atoms with van der Waals surface area (Å²) in [4.78, 5) is 24.4. The number of hydrogen-bond acceptors (Lipinski definition) is 5. The average molecular weight is 333 g/mol. The summed E-state index contributed by atoms with van der Waals surface area (Å²) in [7, 11) is 3.48. The number of carbonyl (C=O) groups is 1. The lowest BCUT2D eigenvalue weighted by Gasteiger charge is -2.28. The molecule has 1 N–H and O–H groups in total. The minimum atomic E-state index is -0.732. The Bertz CT molecular complexity index is 725. The quantitative estimate of drug-likeness (QED) is 0.921. The van der Waals surface area contributed by atoms with Crippen LogP contribution in [-0.2, 0) is 11.8 Å². The van der Waals surface area contributed by atoms with E-state index in [1.165, 1.54) is 0 Å². The van der Waals surface area contributed by atoms with Gasteiger partial charge < -0.3 is 14.6 Å². The topological polar surface area (TPSA) is 81.9 Å². The van der Waals surface area contributed by atoms with Crippen molar-refractivity contribution in [2.45, 2.75) is 37.8 Å². The van der Waals surface area contributed by atoms with Crippen molar-refractivity contribution in [1.82, 2.24) is 24.8 Å². The van der Waals surface area contributed by atoms with Crippen LogP contribution in [0.25, 0.3) is 11.5 Å². The van der Waals surface area contributed by atoms with Crippen LogP contribution in [0.2, 0.25) is 0 Å². The fourth-order valence-electron chi connectivity index (χ4n) is 2.92. The van der Waals surface area contributed by atoms with E-state index in [0.29, 0.717) is 5.69 Å². The fourth-order valence-corrected chi connectivity index (χ4v) is 2.92. The van der Waals surface area contributed by atoms with Gasteiger partial charge in [-0.05, 0) is 25.7 Å². The van der Waals surface area contributed by atoms with Crippen LogP contribution in [0.3, 0.4) is 0 Å². The number of amides is 1. The van der Waals surface area contributed by atoms with E-state index in [4.69, 9.17) is 4.74 Å². The van der Waals surface area contributed by atoms with Gasteiger partial charge in [0.05, 0.1) is 24.8 Å². The molecule has 2 heterocycles. The van der Waals surface area contributed by atoms with E-state index in [0.717, 1.165) is 31.9 Å². The highest BCUT2D eigenvalue weighted by Gasteiger charge is 2.24. The zero-order valence-electron chi connectivity index (χ0n) is 13.7. The fraction of sp³-hybridized carbons (Fsp3) is 0.500. The van der Waals surface area contributed by atoms with Crippen LogP contribution in [0, 0.1) is 5.82 Å². The Balaban J connectivity index is 1.74. The Morgan fingerprint density at radius 3 is 2.71 bits per heavy atom. The van der Waals surface area contributed by atoms with Gasteiger partial charge in [0.15, 0.2) is 17.3 Å². The first-order valence-corrected chi connectivity index (χ1v) is 7.91. The predicted molar refractivity (Wildman–Crippen MR) is 84.7 cm³/mol. The maximum atomic E-state index is 14.0. The summed E-state index contributed by atoms with van der Waals surface area (Å²) in [6.07, 6.45) is 7.81. The molecule has 1 aliphatic carbocycles. The summed E-state index contributed by atoms with van der Waals surface area (Å²) in [6.45, 7) is 0. The monoisotopic (exact) mass is 333 g/mol. The van der Waals surface area contributed by atoms with Crippen LogP contribution in [0.5, 0.6) is 0 Å². The summed E-state index contributed by atoms with van der Waals surface area (Å²) in [5.74, 6) is -0.979. The van der Waals surface area contributed by atoms with Crippen molar-refractivity contribution in [3.63, 3.8) is 0 Å². The molecule has 1 fully saturated rings. The van der Waals surface area contributed by atoms with E-state index in [1.807, 2.05) is 0 Å². The molecule has 0 saturated heterocycles. The second-order valence-electron chi connectivity index (χ2n) is 5.96. The summed E-state index contributed by atoms with van der Waals surface area (Å²) < 4.78 is 21.0. The number of carbonyl (C=O) groups excluding carboxylic acids is 1. The van der Waals surface area contributed by atoms with Gasteiger partial charge in [0.25, 0.3) is 5.91 Å². The first-order chi connectivity index (χ1) is 11.6. The van der Waals surface area contributed by atoms with Crippen LogP contribution in [0.1, 0.15) is 36.2 Å². The van der Waals surface area contributed by atoms with Crippen molar-refractivity contribution in [3.8, 4) is 11.5 Å². The standard InChI is InChI=1S/C16H20FN5O2/c1-22-9-18-8-13(22)15-19-7-12(17)14(21-15)16(23)20-10-3-5-11(24-2)6-4-10/h7-11H,3-6H2,1-2H3,(H,20,23)/t10-,11-. The van der Waals surface area contributed by atoms with Crippen LogP contribution >= 0.6 is 0 Å². The van der Waals surface area contributed by atoms with E-state index >= 15 is 0 Å². The van der Waals surface area contributed by atoms with Crippen LogP contribution in [0.15, 0.2) is 18.7 Å². The van der Waals surface area contributed by atoms with Crippen molar-refractivity contribution >= 4 is 5.91 Å². The SMILES string of the molecule is CO[C@H]1CC[C@H](NC(=O)c2nc(-c3cncn3C)ncc2F)CC1. The Labute approximate surface area is 139 Å². The van der Waals surface area contributed by atoms with Crippen molar-refractivity contribution in [3.05, 3.63) is 30.2 Å². The van der Waals surface area contributed by atoms with Crippen molar-refractivity contribution in [2.24, 2.45) is 7.05 Å². The molecular weight excluding hydrogens is 313 g/mol. The molecule has 128 valence electrons. The van der Waals surface area contributed by atoms with Gasteiger partial charge in [-0.2, -0.15) is 0 Å². The number of hydrogen-bond donors (Lipinski definition) is 1. The lowest BCUT2D eigenvalue weighted by atomic mass is 9.93. The van der Waals surface area contributed by atoms with Crippen molar-refractivity contribution in [2.75, 3.05) is 7.11 Å². The van der Waals surface area contributed by atoms with Gasteiger partial charge in [0.2, 0.25) is 0 Å². The summed E-state index contributed by atoms with van der Waals surface area (Å²) in [6, 6.07) is 0.0124. The lowest BCUT2D eigenvalue weighted by Crippen LogP contribution is -2.39. The first-order valence-electron chi connectivity index (χ1n) is 7.91. The number of imidazole rings is 1. The Hall–Kier alpha value is -2.35. The summed E-state index contributed by atoms with van der Waals surface area (Å²) in [5.41, 5.74) is 0.375. The molecule has 0 spiro atoms. The second kappa shape index (κ2) is 7.04. The number of ether oxygens (including phenoxy) is 1. The molecule has 3 rings (SSSR count). The van der Waals surface area contributed by atoms with Gasteiger partial charge in [0, 0.05) is 20.2 Å². The normalized spacial score (nSPS) is 20.8. The maximum absolute atomic E-state index is 14.0. The molecule has 1 amide bonds. The van der Waals surface area contributed by atoms with Gasteiger partial charge in [-0.1, -0.05) is 0 Å². The Morgan fingerprint density at radius 2 is 2.08 bits per heavy atom. The highest BCUT2D eigenvalue weighted by Crippen LogP contribution is 2.21. The predicted octanol–water partition coefficient (Wildman–Crippen LogP) is 1.70. The van der Waals surface area contributed by atoms with Crippen molar-refractivity contribution in [1.29, 1.82) is 0 Å². The van der Waals surface area contributed by atoms with E-state index < -0.39 is 11.7 Å². The van der Waals surface area contributed by atoms with Gasteiger partial charge in [-0.25, -0.2) is 19.3 Å². The number of nitrogens with one attached hydrogen (secondary N) is 1. The summed E-state index contributed by atoms with van der Waals surface area (Å²) in [5, 5.41) is 2.86. The molecule has 2 aromatic rings. The molecule has 0 aliphatic heterocycles. The molecule has 0 radical (unpaired) electrons. The number of aryl methyl sites for hydroxylation is 1. The molecule has 0 atom stereocenters. The molecule has 1 aliphatic rings. The third-order valence-electron chi connectivity index (χ3n) is 4.35. The average Bonchev–Trinajstić information content (AvgIpc) is 3.02. The van der Waals surface area contributed by atoms with E-state index in [9.17, 15) is 9.18 Å². The third-order valence-corrected chi connectivity index (χ3v) is 4.35. The van der Waals surface area contributed by atoms with Gasteiger partial charge in [0.1, 0.15) is 5.69 Å². The molecule has 0 aromatic carbocycles. The maximum Gasteiger partial charge on any atom is 0.273 e. The van der Waals surface area contributed by atoms with Crippen molar-refractivity contribution < 1.29 is 13.9 Å². The molecule has 2 aromatic heterocycles. The highest BCUT2D eigenvalue weighted by molar-refractivity contribution is 5.93. The smallest absolute Gasteiger partial charge is 0.273 e. The largest absolute Gasteiger partial charge is 0.381 e. The molecule has 0 bridgehead atoms. The molecule has 8 heteroatoms. The second-order valence-corrected chi connectivity index (χ2v) is 5.96. The van der Waals surface area contributed by atoms with Gasteiger partial charge in [-0.3, -0.25) is 4.79 Å². The minimum absolute atomic E-state index is 0.0124. The van der Waals surface area contributed by atoms with E-state index in [2.05, 4.69) is 20.3 Å². The number of methoxy groups -OCH3 is 1. The number of aromatic nitrogens is 4. The molecule has 0 unspecified atom stereocenters. The zero-order chi connectivity index (χ0) is 17.1. The van der Waals surface area contributed by atoms with Crippen LogP contribution < -0.4 is 5.32 Å².